The zero-order chi connectivity index (χ0) is 22.1. The first-order valence-electron chi connectivity index (χ1n) is 8.71. The van der Waals surface area contributed by atoms with Crippen LogP contribution in [0.4, 0.5) is 0 Å². The van der Waals surface area contributed by atoms with E-state index in [0.29, 0.717) is 0 Å². The summed E-state index contributed by atoms with van der Waals surface area (Å²) in [6.45, 7) is 5.12. The van der Waals surface area contributed by atoms with E-state index in [2.05, 4.69) is 5.32 Å². The molecule has 2 heterocycles. The molecule has 0 aromatic rings. The lowest BCUT2D eigenvalue weighted by molar-refractivity contribution is -0.161. The molecule has 0 spiro atoms. The third kappa shape index (κ3) is 4.93. The summed E-state index contributed by atoms with van der Waals surface area (Å²) in [4.78, 5) is 48.9. The monoisotopic (exact) mass is 432 g/mol. The zero-order valence-electron chi connectivity index (χ0n) is 16.8. The molecule has 2 aliphatic rings. The molecule has 29 heavy (non-hydrogen) atoms. The van der Waals surface area contributed by atoms with Gasteiger partial charge in [0.15, 0.2) is 21.3 Å². The van der Waals surface area contributed by atoms with Gasteiger partial charge in [-0.05, 0) is 20.8 Å². The summed E-state index contributed by atoms with van der Waals surface area (Å²) in [5, 5.41) is 0.959. The molecule has 2 atom stereocenters. The summed E-state index contributed by atoms with van der Waals surface area (Å²) in [5.41, 5.74) is -1.10. The molecule has 2 amide bonds. The van der Waals surface area contributed by atoms with E-state index in [1.165, 1.54) is 7.11 Å². The number of hydrogen-bond donors (Lipinski definition) is 1. The average Bonchev–Trinajstić information content (AvgIpc) is 2.56. The zero-order valence-corrected chi connectivity index (χ0v) is 17.6. The Bertz CT molecular complexity index is 870. The fourth-order valence-corrected chi connectivity index (χ4v) is 5.00. The van der Waals surface area contributed by atoms with E-state index >= 15 is 0 Å². The summed E-state index contributed by atoms with van der Waals surface area (Å²) in [6.07, 6.45) is -1.23. The van der Waals surface area contributed by atoms with Gasteiger partial charge in [-0.1, -0.05) is 0 Å². The first-order chi connectivity index (χ1) is 13.3. The van der Waals surface area contributed by atoms with Crippen LogP contribution in [0.1, 0.15) is 27.7 Å². The molecule has 2 aliphatic heterocycles. The first kappa shape index (κ1) is 22.8. The van der Waals surface area contributed by atoms with Gasteiger partial charge in [0.1, 0.15) is 24.4 Å². The van der Waals surface area contributed by atoms with Crippen LogP contribution in [-0.2, 0) is 43.2 Å². The van der Waals surface area contributed by atoms with E-state index in [0.717, 1.165) is 11.8 Å². The first-order valence-corrected chi connectivity index (χ1v) is 10.4. The fraction of sp³-hybridized carbons (Fsp3) is 0.647. The molecule has 0 aromatic heterocycles. The van der Waals surface area contributed by atoms with Gasteiger partial charge < -0.3 is 19.5 Å². The number of carbonyl (C=O) groups excluding carboxylic acids is 4. The Balaban J connectivity index is 2.31. The summed E-state index contributed by atoms with van der Waals surface area (Å²) in [5.74, 6) is -3.57. The molecule has 1 fully saturated rings. The van der Waals surface area contributed by atoms with E-state index in [9.17, 15) is 27.6 Å². The number of amides is 2. The second kappa shape index (κ2) is 8.11. The lowest BCUT2D eigenvalue weighted by Gasteiger charge is -2.48. The van der Waals surface area contributed by atoms with Gasteiger partial charge in [0, 0.05) is 19.6 Å². The van der Waals surface area contributed by atoms with Gasteiger partial charge in [-0.15, -0.1) is 0 Å². The number of methoxy groups -OCH3 is 1. The average molecular weight is 432 g/mol. The van der Waals surface area contributed by atoms with Crippen LogP contribution in [0.5, 0.6) is 0 Å². The lowest BCUT2D eigenvalue weighted by atomic mass is 10.0. The van der Waals surface area contributed by atoms with E-state index < -0.39 is 69.6 Å². The number of fused-ring (bicyclic) bond motifs is 1. The maximum Gasteiger partial charge on any atom is 0.325 e. The minimum Gasteiger partial charge on any atom is -0.461 e. The predicted octanol–water partition coefficient (Wildman–Crippen LogP) is -1.13. The third-order valence-corrected chi connectivity index (χ3v) is 5.99. The minimum absolute atomic E-state index is 0.0685. The quantitative estimate of drug-likeness (QED) is 0.407. The van der Waals surface area contributed by atoms with Crippen LogP contribution >= 0.6 is 0 Å². The van der Waals surface area contributed by atoms with Crippen LogP contribution in [-0.4, -0.2) is 80.2 Å². The van der Waals surface area contributed by atoms with Crippen LogP contribution < -0.4 is 5.32 Å². The molecule has 12 heteroatoms. The number of β-lactam (4-membered cyclic amide) rings is 1. The third-order valence-electron chi connectivity index (χ3n) is 4.05. The molecule has 162 valence electrons. The number of rotatable bonds is 6. The van der Waals surface area contributed by atoms with E-state index in [1.54, 1.807) is 20.8 Å². The fourth-order valence-electron chi connectivity index (χ4n) is 2.99. The molecule has 11 nitrogen and oxygen atoms in total. The summed E-state index contributed by atoms with van der Waals surface area (Å²) < 4.78 is 40.0. The summed E-state index contributed by atoms with van der Waals surface area (Å²) >= 11 is 0. The Morgan fingerprint density at radius 1 is 1.24 bits per heavy atom. The SMILES string of the molecule is COC1C(=O)N2C(C(=O)NCC(=O)OC(C)(C)C)=C(COC(C)=O)CS(=O)(=O)C12. The molecular formula is C17H24N2O9S. The van der Waals surface area contributed by atoms with Gasteiger partial charge in [-0.3, -0.25) is 24.1 Å². The standard InChI is InChI=1S/C17H24N2O9S/c1-9(20)27-7-10-8-29(24,25)16-13(26-5)15(23)19(16)12(10)14(22)18-6-11(21)28-17(2,3)4/h13,16H,6-8H2,1-5H3,(H,18,22). The van der Waals surface area contributed by atoms with Crippen LogP contribution in [0.3, 0.4) is 0 Å². The number of nitrogens with one attached hydrogen (secondary N) is 1. The Kier molecular flexibility index (Phi) is 6.38. The molecule has 1 saturated heterocycles. The predicted molar refractivity (Wildman–Crippen MR) is 97.7 cm³/mol. The number of carbonyl (C=O) groups is 4. The van der Waals surface area contributed by atoms with Crippen molar-refractivity contribution in [3.8, 4) is 0 Å². The molecule has 2 unspecified atom stereocenters. The number of hydrogen-bond acceptors (Lipinski definition) is 9. The molecule has 2 rings (SSSR count). The minimum atomic E-state index is -3.88. The summed E-state index contributed by atoms with van der Waals surface area (Å²) in [7, 11) is -2.69. The number of sulfone groups is 1. The van der Waals surface area contributed by atoms with Crippen LogP contribution in [0, 0.1) is 0 Å². The number of esters is 2. The normalized spacial score (nSPS) is 23.1. The highest BCUT2D eigenvalue weighted by molar-refractivity contribution is 7.92. The van der Waals surface area contributed by atoms with Crippen molar-refractivity contribution in [1.29, 1.82) is 0 Å². The Labute approximate surface area is 168 Å². The second-order valence-electron chi connectivity index (χ2n) is 7.56. The molecule has 0 saturated carbocycles. The maximum atomic E-state index is 12.7. The van der Waals surface area contributed by atoms with Crippen molar-refractivity contribution in [3.05, 3.63) is 11.3 Å². The van der Waals surface area contributed by atoms with Crippen LogP contribution in [0.25, 0.3) is 0 Å². The maximum absolute atomic E-state index is 12.7. The molecule has 0 radical (unpaired) electrons. The van der Waals surface area contributed by atoms with Crippen molar-refractivity contribution in [1.82, 2.24) is 10.2 Å². The summed E-state index contributed by atoms with van der Waals surface area (Å²) in [6, 6.07) is 0. The van der Waals surface area contributed by atoms with Crippen molar-refractivity contribution >= 4 is 33.6 Å². The molecule has 1 N–H and O–H groups in total. The van der Waals surface area contributed by atoms with Crippen molar-refractivity contribution in [2.24, 2.45) is 0 Å². The van der Waals surface area contributed by atoms with Crippen molar-refractivity contribution in [2.75, 3.05) is 26.0 Å². The van der Waals surface area contributed by atoms with Crippen LogP contribution in [0.2, 0.25) is 0 Å². The van der Waals surface area contributed by atoms with Gasteiger partial charge in [0.2, 0.25) is 0 Å². The van der Waals surface area contributed by atoms with Gasteiger partial charge in [0.25, 0.3) is 11.8 Å². The van der Waals surface area contributed by atoms with Crippen LogP contribution in [0.15, 0.2) is 11.3 Å². The van der Waals surface area contributed by atoms with Crippen molar-refractivity contribution < 1.29 is 41.8 Å². The Hall–Kier alpha value is -2.47. The van der Waals surface area contributed by atoms with E-state index in [4.69, 9.17) is 14.2 Å². The smallest absolute Gasteiger partial charge is 0.325 e. The van der Waals surface area contributed by atoms with Gasteiger partial charge in [0.05, 0.1) is 5.75 Å². The highest BCUT2D eigenvalue weighted by atomic mass is 32.2. The van der Waals surface area contributed by atoms with Crippen molar-refractivity contribution in [3.63, 3.8) is 0 Å². The van der Waals surface area contributed by atoms with Crippen molar-refractivity contribution in [2.45, 2.75) is 44.8 Å². The molecule has 0 bridgehead atoms. The number of nitrogens with zero attached hydrogens (tertiary/aromatic N) is 1. The lowest BCUT2D eigenvalue weighted by Crippen LogP contribution is -2.71. The van der Waals surface area contributed by atoms with Gasteiger partial charge in [-0.25, -0.2) is 8.42 Å². The second-order valence-corrected chi connectivity index (χ2v) is 9.66. The molecular weight excluding hydrogens is 408 g/mol. The number of ether oxygens (including phenoxy) is 3. The Morgan fingerprint density at radius 2 is 1.86 bits per heavy atom. The highest BCUT2D eigenvalue weighted by Crippen LogP contribution is 2.38. The van der Waals surface area contributed by atoms with E-state index in [-0.39, 0.29) is 11.3 Å². The highest BCUT2D eigenvalue weighted by Gasteiger charge is 2.60. The van der Waals surface area contributed by atoms with E-state index in [1.807, 2.05) is 0 Å². The molecule has 0 aromatic carbocycles. The van der Waals surface area contributed by atoms with Gasteiger partial charge in [-0.2, -0.15) is 0 Å². The van der Waals surface area contributed by atoms with Gasteiger partial charge >= 0.3 is 11.9 Å². The molecule has 0 aliphatic carbocycles. The largest absolute Gasteiger partial charge is 0.461 e. The Morgan fingerprint density at radius 3 is 2.38 bits per heavy atom. The topological polar surface area (TPSA) is 145 Å².